The molecular weight excluding hydrogens is 335 g/mol. The van der Waals surface area contributed by atoms with Crippen LogP contribution in [0.4, 0.5) is 0 Å². The van der Waals surface area contributed by atoms with E-state index in [1.54, 1.807) is 30.3 Å². The minimum Gasteiger partial charge on any atom is -0.507 e. The van der Waals surface area contributed by atoms with Gasteiger partial charge >= 0.3 is 0 Å². The Labute approximate surface area is 134 Å². The number of aromatic hydroxyl groups is 1. The summed E-state index contributed by atoms with van der Waals surface area (Å²) in [6.45, 7) is 0. The molecule has 2 aromatic carbocycles. The molecule has 0 radical (unpaired) electrons. The van der Waals surface area contributed by atoms with Crippen LogP contribution in [0.3, 0.4) is 0 Å². The van der Waals surface area contributed by atoms with Gasteiger partial charge in [0.05, 0.1) is 5.56 Å². The van der Waals surface area contributed by atoms with E-state index >= 15 is 0 Å². The number of hydrogen-bond acceptors (Lipinski definition) is 4. The van der Waals surface area contributed by atoms with Crippen LogP contribution in [0.2, 0.25) is 15.1 Å². The number of phenolic OH excluding ortho intramolecular Hbond substituents is 1. The lowest BCUT2D eigenvalue weighted by atomic mass is 10.2. The predicted octanol–water partition coefficient (Wildman–Crippen LogP) is 5.07. The third-order valence-corrected chi connectivity index (χ3v) is 3.41. The minimum atomic E-state index is -0.0400. The molecule has 0 unspecified atom stereocenters. The molecule has 106 valence electrons. The Kier molecular flexibility index (Phi) is 3.76. The molecule has 0 saturated carbocycles. The summed E-state index contributed by atoms with van der Waals surface area (Å²) < 4.78 is 5.16. The van der Waals surface area contributed by atoms with Crippen molar-refractivity contribution >= 4 is 34.8 Å². The zero-order chi connectivity index (χ0) is 15.0. The summed E-state index contributed by atoms with van der Waals surface area (Å²) in [6.07, 6.45) is 0. The highest BCUT2D eigenvalue weighted by atomic mass is 35.5. The highest BCUT2D eigenvalue weighted by Gasteiger charge is 2.15. The van der Waals surface area contributed by atoms with Gasteiger partial charge in [0, 0.05) is 20.6 Å². The van der Waals surface area contributed by atoms with Crippen molar-refractivity contribution in [2.24, 2.45) is 0 Å². The molecule has 0 bridgehead atoms. The molecule has 7 heteroatoms. The molecular formula is C14H7Cl3N2O2. The molecule has 0 spiro atoms. The van der Waals surface area contributed by atoms with E-state index in [1.807, 2.05) is 0 Å². The van der Waals surface area contributed by atoms with Crippen LogP contribution in [0, 0.1) is 0 Å². The second-order valence-corrected chi connectivity index (χ2v) is 5.55. The predicted molar refractivity (Wildman–Crippen MR) is 81.9 cm³/mol. The van der Waals surface area contributed by atoms with Gasteiger partial charge in [0.2, 0.25) is 5.82 Å². The van der Waals surface area contributed by atoms with E-state index in [1.165, 1.54) is 6.07 Å². The second kappa shape index (κ2) is 5.56. The second-order valence-electron chi connectivity index (χ2n) is 4.24. The maximum absolute atomic E-state index is 9.86. The number of rotatable bonds is 2. The molecule has 0 aliphatic carbocycles. The van der Waals surface area contributed by atoms with Crippen molar-refractivity contribution in [2.45, 2.75) is 0 Å². The van der Waals surface area contributed by atoms with Crippen LogP contribution in [0.5, 0.6) is 5.75 Å². The van der Waals surface area contributed by atoms with Gasteiger partial charge in [-0.1, -0.05) is 40.0 Å². The van der Waals surface area contributed by atoms with Crippen LogP contribution in [-0.2, 0) is 0 Å². The van der Waals surface area contributed by atoms with E-state index in [-0.39, 0.29) is 11.6 Å². The van der Waals surface area contributed by atoms with Crippen molar-refractivity contribution in [1.82, 2.24) is 10.1 Å². The smallest absolute Gasteiger partial charge is 0.261 e. The molecule has 1 aromatic heterocycles. The van der Waals surface area contributed by atoms with Gasteiger partial charge in [0.1, 0.15) is 5.75 Å². The zero-order valence-electron chi connectivity index (χ0n) is 10.3. The van der Waals surface area contributed by atoms with Gasteiger partial charge in [-0.15, -0.1) is 0 Å². The van der Waals surface area contributed by atoms with Gasteiger partial charge in [-0.25, -0.2) is 0 Å². The molecule has 0 amide bonds. The summed E-state index contributed by atoms with van der Waals surface area (Å²) in [4.78, 5) is 4.23. The Bertz CT molecular complexity index is 797. The minimum absolute atomic E-state index is 0.0400. The van der Waals surface area contributed by atoms with Crippen LogP contribution in [0.1, 0.15) is 0 Å². The van der Waals surface area contributed by atoms with Crippen LogP contribution in [0.25, 0.3) is 22.8 Å². The first-order chi connectivity index (χ1) is 10.0. The number of phenols is 1. The highest BCUT2D eigenvalue weighted by molar-refractivity contribution is 6.35. The molecule has 21 heavy (non-hydrogen) atoms. The SMILES string of the molecule is Oc1cc(Cl)ccc1-c1nc(-c2cc(Cl)cc(Cl)c2)no1. The van der Waals surface area contributed by atoms with Gasteiger partial charge in [-0.2, -0.15) is 4.98 Å². The number of benzene rings is 2. The molecule has 3 rings (SSSR count). The first-order valence-corrected chi connectivity index (χ1v) is 6.95. The van der Waals surface area contributed by atoms with E-state index in [0.29, 0.717) is 32.0 Å². The fourth-order valence-corrected chi connectivity index (χ4v) is 2.51. The van der Waals surface area contributed by atoms with E-state index < -0.39 is 0 Å². The fraction of sp³-hybridized carbons (Fsp3) is 0. The lowest BCUT2D eigenvalue weighted by Gasteiger charge is -1.99. The normalized spacial score (nSPS) is 10.8. The molecule has 0 atom stereocenters. The van der Waals surface area contributed by atoms with E-state index in [9.17, 15) is 5.11 Å². The topological polar surface area (TPSA) is 59.2 Å². The first kappa shape index (κ1) is 14.2. The Morgan fingerprint density at radius 3 is 2.29 bits per heavy atom. The van der Waals surface area contributed by atoms with Crippen LogP contribution in [-0.4, -0.2) is 15.2 Å². The third kappa shape index (κ3) is 2.97. The Hall–Kier alpha value is -1.75. The molecule has 4 nitrogen and oxygen atoms in total. The van der Waals surface area contributed by atoms with Gasteiger partial charge in [0.25, 0.3) is 5.89 Å². The monoisotopic (exact) mass is 340 g/mol. The number of hydrogen-bond donors (Lipinski definition) is 1. The molecule has 0 fully saturated rings. The van der Waals surface area contributed by atoms with Crippen LogP contribution >= 0.6 is 34.8 Å². The van der Waals surface area contributed by atoms with Gasteiger partial charge in [-0.3, -0.25) is 0 Å². The standard InChI is InChI=1S/C14H7Cl3N2O2/c15-8-1-2-11(12(20)6-8)14-18-13(19-21-14)7-3-9(16)5-10(17)4-7/h1-6,20H. The molecule has 1 heterocycles. The van der Waals surface area contributed by atoms with E-state index in [2.05, 4.69) is 10.1 Å². The van der Waals surface area contributed by atoms with Crippen molar-refractivity contribution in [1.29, 1.82) is 0 Å². The summed E-state index contributed by atoms with van der Waals surface area (Å²) in [5.41, 5.74) is 1.02. The molecule has 3 aromatic rings. The van der Waals surface area contributed by atoms with E-state index in [4.69, 9.17) is 39.3 Å². The average molecular weight is 342 g/mol. The van der Waals surface area contributed by atoms with Crippen molar-refractivity contribution in [3.05, 3.63) is 51.5 Å². The van der Waals surface area contributed by atoms with Crippen molar-refractivity contribution < 1.29 is 9.63 Å². The van der Waals surface area contributed by atoms with Crippen LogP contribution < -0.4 is 0 Å². The summed E-state index contributed by atoms with van der Waals surface area (Å²) >= 11 is 17.7. The van der Waals surface area contributed by atoms with Gasteiger partial charge in [0.15, 0.2) is 0 Å². The zero-order valence-corrected chi connectivity index (χ0v) is 12.6. The van der Waals surface area contributed by atoms with Gasteiger partial charge in [-0.05, 0) is 36.4 Å². The molecule has 0 aliphatic heterocycles. The summed E-state index contributed by atoms with van der Waals surface area (Å²) in [5, 5.41) is 15.1. The molecule has 0 aliphatic rings. The first-order valence-electron chi connectivity index (χ1n) is 5.82. The number of aromatic nitrogens is 2. The van der Waals surface area contributed by atoms with Crippen molar-refractivity contribution in [2.75, 3.05) is 0 Å². The number of halogens is 3. The molecule has 1 N–H and O–H groups in total. The Morgan fingerprint density at radius 1 is 0.905 bits per heavy atom. The number of nitrogens with zero attached hydrogens (tertiary/aromatic N) is 2. The summed E-state index contributed by atoms with van der Waals surface area (Å²) in [7, 11) is 0. The van der Waals surface area contributed by atoms with Crippen molar-refractivity contribution in [3.8, 4) is 28.6 Å². The largest absolute Gasteiger partial charge is 0.507 e. The summed E-state index contributed by atoms with van der Waals surface area (Å²) in [6, 6.07) is 9.57. The Morgan fingerprint density at radius 2 is 1.62 bits per heavy atom. The maximum atomic E-state index is 9.86. The fourth-order valence-electron chi connectivity index (χ4n) is 1.82. The van der Waals surface area contributed by atoms with E-state index in [0.717, 1.165) is 0 Å². The maximum Gasteiger partial charge on any atom is 0.261 e. The van der Waals surface area contributed by atoms with Crippen LogP contribution in [0.15, 0.2) is 40.9 Å². The quantitative estimate of drug-likeness (QED) is 0.707. The molecule has 0 saturated heterocycles. The Balaban J connectivity index is 2.03. The third-order valence-electron chi connectivity index (χ3n) is 2.74. The average Bonchev–Trinajstić information content (AvgIpc) is 2.87. The van der Waals surface area contributed by atoms with Crippen molar-refractivity contribution in [3.63, 3.8) is 0 Å². The lowest BCUT2D eigenvalue weighted by molar-refractivity contribution is 0.426. The highest BCUT2D eigenvalue weighted by Crippen LogP contribution is 2.32. The van der Waals surface area contributed by atoms with Gasteiger partial charge < -0.3 is 9.63 Å². The summed E-state index contributed by atoms with van der Waals surface area (Å²) in [5.74, 6) is 0.459. The lowest BCUT2D eigenvalue weighted by Crippen LogP contribution is -1.82.